The summed E-state index contributed by atoms with van der Waals surface area (Å²) in [6.07, 6.45) is 0.750. The number of phenols is 1. The second-order valence-corrected chi connectivity index (χ2v) is 9.65. The maximum Gasteiger partial charge on any atom is 0.269 e. The molecular weight excluding hydrogens is 510 g/mol. The zero-order chi connectivity index (χ0) is 25.1. The highest BCUT2D eigenvalue weighted by molar-refractivity contribution is 9.10. The monoisotopic (exact) mass is 541 g/mol. The molecule has 0 saturated carbocycles. The van der Waals surface area contributed by atoms with Crippen molar-refractivity contribution in [3.8, 4) is 5.75 Å². The summed E-state index contributed by atoms with van der Waals surface area (Å²) < 4.78 is 25.8. The van der Waals surface area contributed by atoms with E-state index in [0.717, 1.165) is 28.3 Å². The van der Waals surface area contributed by atoms with Gasteiger partial charge in [-0.15, -0.1) is 8.80 Å². The lowest BCUT2D eigenvalue weighted by atomic mass is 10.2. The third-order valence-corrected chi connectivity index (χ3v) is 5.15. The number of halogens is 1. The van der Waals surface area contributed by atoms with Crippen molar-refractivity contribution >= 4 is 50.9 Å². The van der Waals surface area contributed by atoms with E-state index in [2.05, 4.69) is 56.1 Å². The summed E-state index contributed by atoms with van der Waals surface area (Å²) in [6.45, 7) is 10.5. The highest BCUT2D eigenvalue weighted by atomic mass is 79.9. The van der Waals surface area contributed by atoms with Gasteiger partial charge in [-0.05, 0) is 44.0 Å². The van der Waals surface area contributed by atoms with E-state index in [1.54, 1.807) is 33.2 Å². The molecule has 33 heavy (non-hydrogen) atoms. The summed E-state index contributed by atoms with van der Waals surface area (Å²) in [7, 11) is 3.38. The van der Waals surface area contributed by atoms with Crippen LogP contribution in [0.2, 0.25) is 0 Å². The largest absolute Gasteiger partial charge is 0.505 e. The Hall–Kier alpha value is -2.66. The van der Waals surface area contributed by atoms with Gasteiger partial charge in [-0.2, -0.15) is 0 Å². The number of carbonyl (C=O) groups excluding carboxylic acids is 1. The summed E-state index contributed by atoms with van der Waals surface area (Å²) in [5, 5.41) is 16.2. The predicted molar refractivity (Wildman–Crippen MR) is 138 cm³/mol. The first-order valence-corrected chi connectivity index (χ1v) is 12.1. The molecule has 11 heteroatoms. The van der Waals surface area contributed by atoms with Crippen LogP contribution in [0.15, 0.2) is 42.0 Å². The Morgan fingerprint density at radius 3 is 2.24 bits per heavy atom. The van der Waals surface area contributed by atoms with Crippen molar-refractivity contribution in [2.45, 2.75) is 41.2 Å². The van der Waals surface area contributed by atoms with E-state index < -0.39 is 11.2 Å². The molecule has 1 amide bonds. The first-order valence-electron chi connectivity index (χ1n) is 10.2. The van der Waals surface area contributed by atoms with Gasteiger partial charge in [-0.1, -0.05) is 36.7 Å². The Labute approximate surface area is 206 Å². The fraction of sp³-hybridized carbons (Fsp3) is 0.409. The van der Waals surface area contributed by atoms with Gasteiger partial charge in [0.25, 0.3) is 11.2 Å². The van der Waals surface area contributed by atoms with Crippen molar-refractivity contribution in [1.82, 2.24) is 10.2 Å². The van der Waals surface area contributed by atoms with Gasteiger partial charge in [0.05, 0.1) is 12.2 Å². The molecule has 1 unspecified atom stereocenters. The van der Waals surface area contributed by atoms with Crippen molar-refractivity contribution in [3.63, 3.8) is 0 Å². The van der Waals surface area contributed by atoms with Crippen LogP contribution in [0.3, 0.4) is 0 Å². The smallest absolute Gasteiger partial charge is 0.269 e. The number of benzene rings is 1. The average molecular weight is 543 g/mol. The van der Waals surface area contributed by atoms with Crippen LogP contribution in [0.25, 0.3) is 0 Å². The second kappa shape index (κ2) is 13.8. The van der Waals surface area contributed by atoms with E-state index in [0.29, 0.717) is 29.5 Å². The molecule has 0 spiro atoms. The predicted octanol–water partition coefficient (Wildman–Crippen LogP) is 4.32. The number of aromatic hydroxyl groups is 1. The molecule has 182 valence electrons. The van der Waals surface area contributed by atoms with Crippen LogP contribution in [-0.4, -0.2) is 46.4 Å². The summed E-state index contributed by atoms with van der Waals surface area (Å²) in [6, 6.07) is 7.22. The van der Waals surface area contributed by atoms with Crippen molar-refractivity contribution < 1.29 is 18.5 Å². The van der Waals surface area contributed by atoms with Crippen molar-refractivity contribution in [1.29, 1.82) is 0 Å². The first-order chi connectivity index (χ1) is 15.4. The Kier molecular flexibility index (Phi) is 11.9. The molecule has 1 aromatic heterocycles. The maximum atomic E-state index is 11.6. The van der Waals surface area contributed by atoms with Gasteiger partial charge < -0.3 is 25.1 Å². The standard InChI is InChI=1S/C15H15BrN4O3S.C4H10.C3H7NO/c1-8-3-4-10(23-8)7-17-14-15(20-24(22)19-14)18-12-6-5-11(16)9(2)13(12)21;1-4(2)3;1-4(2)3-5/h3-6,21H,7H2,1-2H3,(H,17,19)(H,18,20);4H,1-3H3;3H,1-2H3. The number of anilines is 1. The molecule has 1 aliphatic heterocycles. The van der Waals surface area contributed by atoms with E-state index in [1.165, 1.54) is 4.90 Å². The topological polar surface area (TPSA) is 120 Å². The molecule has 0 saturated heterocycles. The van der Waals surface area contributed by atoms with Crippen molar-refractivity contribution in [2.75, 3.05) is 19.4 Å². The number of amides is 1. The summed E-state index contributed by atoms with van der Waals surface area (Å²) >= 11 is 1.66. The number of rotatable bonds is 4. The molecule has 2 aromatic rings. The van der Waals surface area contributed by atoms with Gasteiger partial charge >= 0.3 is 0 Å². The minimum absolute atomic E-state index is 0.0887. The summed E-state index contributed by atoms with van der Waals surface area (Å²) in [5.41, 5.74) is 1.15. The van der Waals surface area contributed by atoms with E-state index in [4.69, 9.17) is 4.42 Å². The van der Waals surface area contributed by atoms with Crippen LogP contribution in [0, 0.1) is 19.8 Å². The SMILES string of the molecule is CC(C)C.CN(C)C=O.Cc1ccc(CNC2=NS(=O)N=C2Nc2ccc(Br)c(C)c2O)o1. The number of amidine groups is 2. The summed E-state index contributed by atoms with van der Waals surface area (Å²) in [5.74, 6) is 3.11. The van der Waals surface area contributed by atoms with E-state index in [1.807, 2.05) is 19.1 Å². The number of phenolic OH excluding ortho intramolecular Hbond substituents is 1. The molecule has 2 heterocycles. The van der Waals surface area contributed by atoms with Gasteiger partial charge in [0.1, 0.15) is 17.3 Å². The van der Waals surface area contributed by atoms with Crippen LogP contribution in [-0.2, 0) is 22.5 Å². The van der Waals surface area contributed by atoms with Gasteiger partial charge in [-0.25, -0.2) is 4.21 Å². The molecule has 3 N–H and O–H groups in total. The fourth-order valence-electron chi connectivity index (χ4n) is 2.12. The number of nitrogens with zero attached hydrogens (tertiary/aromatic N) is 3. The van der Waals surface area contributed by atoms with Crippen LogP contribution in [0.1, 0.15) is 37.9 Å². The fourth-order valence-corrected chi connectivity index (χ4v) is 3.07. The number of hydrogen-bond donors (Lipinski definition) is 3. The molecule has 0 bridgehead atoms. The molecule has 0 radical (unpaired) electrons. The minimum atomic E-state index is -1.70. The molecule has 0 fully saturated rings. The molecule has 3 rings (SSSR count). The van der Waals surface area contributed by atoms with E-state index in [9.17, 15) is 14.1 Å². The Morgan fingerprint density at radius 1 is 1.15 bits per heavy atom. The van der Waals surface area contributed by atoms with Gasteiger partial charge in [0.15, 0.2) is 11.7 Å². The third-order valence-electron chi connectivity index (χ3n) is 3.62. The average Bonchev–Trinajstić information content (AvgIpc) is 3.31. The summed E-state index contributed by atoms with van der Waals surface area (Å²) in [4.78, 5) is 10.9. The first kappa shape index (κ1) is 28.4. The minimum Gasteiger partial charge on any atom is -0.505 e. The van der Waals surface area contributed by atoms with Crippen molar-refractivity contribution in [3.05, 3.63) is 45.8 Å². The van der Waals surface area contributed by atoms with Gasteiger partial charge in [-0.3, -0.25) is 4.79 Å². The lowest BCUT2D eigenvalue weighted by molar-refractivity contribution is -0.115. The zero-order valence-corrected chi connectivity index (χ0v) is 22.4. The van der Waals surface area contributed by atoms with Crippen LogP contribution in [0.4, 0.5) is 5.69 Å². The number of nitrogens with one attached hydrogen (secondary N) is 2. The molecule has 9 nitrogen and oxygen atoms in total. The van der Waals surface area contributed by atoms with E-state index >= 15 is 0 Å². The quantitative estimate of drug-likeness (QED) is 0.391. The van der Waals surface area contributed by atoms with Crippen molar-refractivity contribution in [2.24, 2.45) is 14.7 Å². The molecule has 1 atom stereocenters. The number of furan rings is 1. The molecular formula is C22H32BrN5O4S. The normalized spacial score (nSPS) is 14.3. The number of hydrogen-bond acceptors (Lipinski definition) is 6. The Balaban J connectivity index is 0.000000517. The maximum absolute atomic E-state index is 11.6. The lowest BCUT2D eigenvalue weighted by Crippen LogP contribution is -2.33. The highest BCUT2D eigenvalue weighted by Crippen LogP contribution is 2.32. The highest BCUT2D eigenvalue weighted by Gasteiger charge is 2.21. The van der Waals surface area contributed by atoms with Crippen LogP contribution in [0.5, 0.6) is 5.75 Å². The van der Waals surface area contributed by atoms with E-state index in [-0.39, 0.29) is 5.75 Å². The van der Waals surface area contributed by atoms with Gasteiger partial charge in [0.2, 0.25) is 6.41 Å². The number of carbonyl (C=O) groups is 1. The molecule has 0 aliphatic carbocycles. The Bertz CT molecular complexity index is 1020. The second-order valence-electron chi connectivity index (χ2n) is 7.97. The lowest BCUT2D eigenvalue weighted by Gasteiger charge is -2.12. The van der Waals surface area contributed by atoms with Crippen LogP contribution >= 0.6 is 15.9 Å². The number of aryl methyl sites for hydroxylation is 1. The molecule has 1 aromatic carbocycles. The molecule has 1 aliphatic rings. The zero-order valence-electron chi connectivity index (χ0n) is 20.0. The third kappa shape index (κ3) is 10.2. The van der Waals surface area contributed by atoms with Gasteiger partial charge in [0, 0.05) is 24.1 Å². The van der Waals surface area contributed by atoms with Crippen LogP contribution < -0.4 is 10.6 Å². The Morgan fingerprint density at radius 2 is 1.73 bits per heavy atom.